The molecule has 0 aromatic heterocycles. The van der Waals surface area contributed by atoms with Gasteiger partial charge in [0.05, 0.1) is 6.61 Å². The predicted molar refractivity (Wildman–Crippen MR) is 66.8 cm³/mol. The molecule has 2 N–H and O–H groups in total. The Hall–Kier alpha value is -1.59. The highest BCUT2D eigenvalue weighted by atomic mass is 16.5. The average molecular weight is 251 g/mol. The van der Waals surface area contributed by atoms with Crippen LogP contribution in [0, 0.1) is 0 Å². The summed E-state index contributed by atoms with van der Waals surface area (Å²) in [5.41, 5.74) is 1.91. The summed E-state index contributed by atoms with van der Waals surface area (Å²) < 4.78 is 10.3. The zero-order valence-electron chi connectivity index (χ0n) is 10.3. The van der Waals surface area contributed by atoms with E-state index in [9.17, 15) is 9.90 Å². The second-order valence-corrected chi connectivity index (χ2v) is 4.29. The number of carbonyl (C=O) groups is 1. The number of anilines is 1. The molecule has 2 rings (SSSR count). The number of nitrogens with one attached hydrogen (secondary N) is 1. The highest BCUT2D eigenvalue weighted by molar-refractivity contribution is 5.93. The number of fused-ring (bicyclic) bond motifs is 1. The van der Waals surface area contributed by atoms with Gasteiger partial charge in [-0.3, -0.25) is 4.79 Å². The van der Waals surface area contributed by atoms with E-state index in [0.717, 1.165) is 17.7 Å². The first kappa shape index (κ1) is 12.9. The fraction of sp³-hybridized carbons (Fsp3) is 0.462. The van der Waals surface area contributed by atoms with Gasteiger partial charge in [0.15, 0.2) is 0 Å². The largest absolute Gasteiger partial charge is 0.491 e. The maximum Gasteiger partial charge on any atom is 0.224 e. The van der Waals surface area contributed by atoms with Crippen LogP contribution in [0.25, 0.3) is 0 Å². The van der Waals surface area contributed by atoms with E-state index in [1.54, 1.807) is 6.07 Å². The van der Waals surface area contributed by atoms with Crippen molar-refractivity contribution in [2.75, 3.05) is 25.6 Å². The molecule has 0 saturated carbocycles. The fourth-order valence-electron chi connectivity index (χ4n) is 1.88. The summed E-state index contributed by atoms with van der Waals surface area (Å²) in [6.07, 6.45) is 0.590. The summed E-state index contributed by atoms with van der Waals surface area (Å²) >= 11 is 0. The van der Waals surface area contributed by atoms with Crippen molar-refractivity contribution in [2.45, 2.75) is 18.9 Å². The first-order valence-corrected chi connectivity index (χ1v) is 5.91. The first-order chi connectivity index (χ1) is 8.69. The van der Waals surface area contributed by atoms with Crippen LogP contribution in [0.5, 0.6) is 5.75 Å². The molecular formula is C13H17NO4. The van der Waals surface area contributed by atoms with Crippen molar-refractivity contribution >= 4 is 11.6 Å². The Kier molecular flexibility index (Phi) is 4.17. The third-order valence-electron chi connectivity index (χ3n) is 2.77. The molecule has 0 aliphatic carbocycles. The second-order valence-electron chi connectivity index (χ2n) is 4.29. The van der Waals surface area contributed by atoms with E-state index in [1.165, 1.54) is 7.11 Å². The van der Waals surface area contributed by atoms with Crippen LogP contribution >= 0.6 is 0 Å². The van der Waals surface area contributed by atoms with Crippen molar-refractivity contribution in [3.63, 3.8) is 0 Å². The maximum absolute atomic E-state index is 11.2. The minimum Gasteiger partial charge on any atom is -0.491 e. The van der Waals surface area contributed by atoms with Gasteiger partial charge in [0.25, 0.3) is 0 Å². The van der Waals surface area contributed by atoms with E-state index in [4.69, 9.17) is 9.47 Å². The van der Waals surface area contributed by atoms with Crippen molar-refractivity contribution in [3.8, 4) is 5.75 Å². The number of hydrogen-bond acceptors (Lipinski definition) is 4. The highest BCUT2D eigenvalue weighted by Gasteiger charge is 2.15. The Balaban J connectivity index is 1.97. The number of aliphatic hydroxyl groups is 1. The molecule has 1 aromatic rings. The molecule has 98 valence electrons. The van der Waals surface area contributed by atoms with Gasteiger partial charge in [-0.15, -0.1) is 0 Å². The number of aliphatic hydroxyl groups excluding tert-OH is 1. The van der Waals surface area contributed by atoms with Gasteiger partial charge in [-0.1, -0.05) is 0 Å². The van der Waals surface area contributed by atoms with E-state index < -0.39 is 6.10 Å². The van der Waals surface area contributed by atoms with Crippen LogP contribution < -0.4 is 10.1 Å². The summed E-state index contributed by atoms with van der Waals surface area (Å²) in [7, 11) is 1.53. The van der Waals surface area contributed by atoms with Crippen molar-refractivity contribution in [3.05, 3.63) is 23.8 Å². The zero-order chi connectivity index (χ0) is 13.0. The predicted octanol–water partition coefficient (Wildman–Crippen LogP) is 0.957. The lowest BCUT2D eigenvalue weighted by atomic mass is 10.0. The molecule has 5 nitrogen and oxygen atoms in total. The molecule has 0 bridgehead atoms. The van der Waals surface area contributed by atoms with E-state index in [2.05, 4.69) is 5.32 Å². The van der Waals surface area contributed by atoms with Crippen LogP contribution in [-0.4, -0.2) is 37.4 Å². The number of benzene rings is 1. The second kappa shape index (κ2) is 5.84. The van der Waals surface area contributed by atoms with Gasteiger partial charge in [-0.2, -0.15) is 0 Å². The molecular weight excluding hydrogens is 234 g/mol. The summed E-state index contributed by atoms with van der Waals surface area (Å²) in [4.78, 5) is 11.2. The van der Waals surface area contributed by atoms with Gasteiger partial charge in [-0.25, -0.2) is 0 Å². The van der Waals surface area contributed by atoms with Crippen molar-refractivity contribution in [1.82, 2.24) is 0 Å². The monoisotopic (exact) mass is 251 g/mol. The number of hydrogen-bond donors (Lipinski definition) is 2. The molecule has 1 atom stereocenters. The molecule has 0 spiro atoms. The molecule has 1 aliphatic rings. The van der Waals surface area contributed by atoms with Gasteiger partial charge in [-0.05, 0) is 30.2 Å². The van der Waals surface area contributed by atoms with E-state index in [-0.39, 0.29) is 19.1 Å². The SMILES string of the molecule is COCC(O)COc1ccc2c(c1)CCC(=O)N2. The molecule has 1 aromatic carbocycles. The number of ether oxygens (including phenoxy) is 2. The van der Waals surface area contributed by atoms with Crippen molar-refractivity contribution in [1.29, 1.82) is 0 Å². The first-order valence-electron chi connectivity index (χ1n) is 5.91. The standard InChI is InChI=1S/C13H17NO4/c1-17-7-10(15)8-18-11-3-4-12-9(6-11)2-5-13(16)14-12/h3-4,6,10,15H,2,5,7-8H2,1H3,(H,14,16). The van der Waals surface area contributed by atoms with Crippen LogP contribution in [0.1, 0.15) is 12.0 Å². The van der Waals surface area contributed by atoms with Gasteiger partial charge in [0, 0.05) is 19.2 Å². The summed E-state index contributed by atoms with van der Waals surface area (Å²) in [5, 5.41) is 12.3. The molecule has 18 heavy (non-hydrogen) atoms. The Labute approximate surface area is 106 Å². The lowest BCUT2D eigenvalue weighted by molar-refractivity contribution is -0.116. The molecule has 1 heterocycles. The van der Waals surface area contributed by atoms with Gasteiger partial charge in [0.1, 0.15) is 18.5 Å². The van der Waals surface area contributed by atoms with Crippen molar-refractivity contribution < 1.29 is 19.4 Å². The molecule has 1 aliphatic heterocycles. The van der Waals surface area contributed by atoms with E-state index in [0.29, 0.717) is 12.2 Å². The number of rotatable bonds is 5. The van der Waals surface area contributed by atoms with Gasteiger partial charge < -0.3 is 19.9 Å². The lowest BCUT2D eigenvalue weighted by Crippen LogP contribution is -2.23. The fourth-order valence-corrected chi connectivity index (χ4v) is 1.88. The minimum absolute atomic E-state index is 0.0479. The molecule has 5 heteroatoms. The number of carbonyl (C=O) groups excluding carboxylic acids is 1. The quantitative estimate of drug-likeness (QED) is 0.818. The summed E-state index contributed by atoms with van der Waals surface area (Å²) in [6.45, 7) is 0.444. The highest BCUT2D eigenvalue weighted by Crippen LogP contribution is 2.26. The number of amides is 1. The Morgan fingerprint density at radius 2 is 2.22 bits per heavy atom. The van der Waals surface area contributed by atoms with Crippen LogP contribution in [0.4, 0.5) is 5.69 Å². The molecule has 0 saturated heterocycles. The van der Waals surface area contributed by atoms with Crippen molar-refractivity contribution in [2.24, 2.45) is 0 Å². The normalized spacial score (nSPS) is 15.8. The summed E-state index contributed by atoms with van der Waals surface area (Å²) in [6, 6.07) is 5.50. The van der Waals surface area contributed by atoms with Gasteiger partial charge in [0.2, 0.25) is 5.91 Å². The van der Waals surface area contributed by atoms with Crippen LogP contribution in [0.15, 0.2) is 18.2 Å². The Morgan fingerprint density at radius 3 is 3.00 bits per heavy atom. The molecule has 1 amide bonds. The summed E-state index contributed by atoms with van der Waals surface area (Å²) in [5.74, 6) is 0.742. The van der Waals surface area contributed by atoms with Crippen LogP contribution in [-0.2, 0) is 16.0 Å². The van der Waals surface area contributed by atoms with Gasteiger partial charge >= 0.3 is 0 Å². The molecule has 0 radical (unpaired) electrons. The number of methoxy groups -OCH3 is 1. The maximum atomic E-state index is 11.2. The average Bonchev–Trinajstić information content (AvgIpc) is 2.36. The number of aryl methyl sites for hydroxylation is 1. The molecule has 0 fully saturated rings. The lowest BCUT2D eigenvalue weighted by Gasteiger charge is -2.18. The van der Waals surface area contributed by atoms with Crippen LogP contribution in [0.2, 0.25) is 0 Å². The Morgan fingerprint density at radius 1 is 1.39 bits per heavy atom. The van der Waals surface area contributed by atoms with Crippen LogP contribution in [0.3, 0.4) is 0 Å². The smallest absolute Gasteiger partial charge is 0.224 e. The topological polar surface area (TPSA) is 67.8 Å². The molecule has 1 unspecified atom stereocenters. The third-order valence-corrected chi connectivity index (χ3v) is 2.77. The van der Waals surface area contributed by atoms with E-state index in [1.807, 2.05) is 12.1 Å². The van der Waals surface area contributed by atoms with E-state index >= 15 is 0 Å². The Bertz CT molecular complexity index is 433. The minimum atomic E-state index is -0.634. The zero-order valence-corrected chi connectivity index (χ0v) is 10.3. The third kappa shape index (κ3) is 3.21.